The number of hydrogen-bond acceptors (Lipinski definition) is 9. The Bertz CT molecular complexity index is 1090. The summed E-state index contributed by atoms with van der Waals surface area (Å²) in [4.78, 5) is 48.2. The van der Waals surface area contributed by atoms with Crippen molar-refractivity contribution in [2.24, 2.45) is 0 Å². The van der Waals surface area contributed by atoms with Crippen LogP contribution < -0.4 is 5.32 Å². The number of likely N-dealkylation sites (N-methyl/N-ethyl adjacent to an activating group) is 1. The van der Waals surface area contributed by atoms with E-state index >= 15 is 0 Å². The Labute approximate surface area is 388 Å². The first-order valence-electron chi connectivity index (χ1n) is 26.6. The van der Waals surface area contributed by atoms with Crippen molar-refractivity contribution in [3.63, 3.8) is 0 Å². The summed E-state index contributed by atoms with van der Waals surface area (Å²) in [5.41, 5.74) is 0. The smallest absolute Gasteiger partial charge is 0.335 e. The van der Waals surface area contributed by atoms with E-state index in [9.17, 15) is 24.3 Å². The van der Waals surface area contributed by atoms with Crippen molar-refractivity contribution in [2.45, 2.75) is 291 Å². The first-order chi connectivity index (χ1) is 30.4. The number of nitrogens with zero attached hydrogens (tertiary/aromatic N) is 1. The minimum absolute atomic E-state index is 0.00555. The van der Waals surface area contributed by atoms with Crippen LogP contribution in [0, 0.1) is 0 Å². The largest absolute Gasteiger partial charge is 0.458 e. The van der Waals surface area contributed by atoms with Crippen LogP contribution in [0.15, 0.2) is 0 Å². The van der Waals surface area contributed by atoms with Crippen LogP contribution in [-0.4, -0.2) is 96.3 Å². The molecule has 63 heavy (non-hydrogen) atoms. The van der Waals surface area contributed by atoms with E-state index in [0.29, 0.717) is 25.9 Å². The monoisotopic (exact) mass is 895 g/mol. The van der Waals surface area contributed by atoms with Gasteiger partial charge >= 0.3 is 5.97 Å². The Morgan fingerprint density at radius 2 is 1.10 bits per heavy atom. The number of nitrogens with one attached hydrogen (secondary N) is 1. The predicted molar refractivity (Wildman–Crippen MR) is 261 cm³/mol. The van der Waals surface area contributed by atoms with Crippen LogP contribution in [-0.2, 0) is 33.4 Å². The second-order valence-electron chi connectivity index (χ2n) is 18.6. The van der Waals surface area contributed by atoms with Crippen molar-refractivity contribution < 1.29 is 38.5 Å². The van der Waals surface area contributed by atoms with E-state index in [1.807, 2.05) is 20.8 Å². The van der Waals surface area contributed by atoms with Gasteiger partial charge in [0.2, 0.25) is 0 Å². The van der Waals surface area contributed by atoms with Crippen LogP contribution in [0.3, 0.4) is 0 Å². The molecular formula is C53H102N2O8. The van der Waals surface area contributed by atoms with Gasteiger partial charge in [0.25, 0.3) is 5.91 Å². The zero-order valence-electron chi connectivity index (χ0n) is 42.5. The molecule has 0 aromatic rings. The zero-order chi connectivity index (χ0) is 46.9. The van der Waals surface area contributed by atoms with Gasteiger partial charge in [-0.25, -0.2) is 4.79 Å². The van der Waals surface area contributed by atoms with E-state index in [2.05, 4.69) is 19.2 Å². The van der Waals surface area contributed by atoms with E-state index in [-0.39, 0.29) is 41.8 Å². The number of ketones is 2. The summed E-state index contributed by atoms with van der Waals surface area (Å²) in [6.45, 7) is 19.2. The summed E-state index contributed by atoms with van der Waals surface area (Å²) in [7, 11) is 0. The van der Waals surface area contributed by atoms with Gasteiger partial charge in [-0.1, -0.05) is 142 Å². The summed E-state index contributed by atoms with van der Waals surface area (Å²) in [6.07, 6.45) is 32.6. The number of carbonyl (C=O) groups excluding carboxylic acids is 4. The summed E-state index contributed by atoms with van der Waals surface area (Å²) < 4.78 is 17.7. The van der Waals surface area contributed by atoms with Crippen LogP contribution in [0.4, 0.5) is 0 Å². The number of amides is 1. The molecule has 10 nitrogen and oxygen atoms in total. The lowest BCUT2D eigenvalue weighted by Crippen LogP contribution is -2.45. The fourth-order valence-corrected chi connectivity index (χ4v) is 8.44. The van der Waals surface area contributed by atoms with Crippen LogP contribution >= 0.6 is 0 Å². The molecule has 2 saturated heterocycles. The third-order valence-electron chi connectivity index (χ3n) is 12.6. The van der Waals surface area contributed by atoms with E-state index < -0.39 is 18.3 Å². The van der Waals surface area contributed by atoms with Crippen molar-refractivity contribution in [2.75, 3.05) is 26.2 Å². The fourth-order valence-electron chi connectivity index (χ4n) is 8.44. The van der Waals surface area contributed by atoms with Crippen molar-refractivity contribution in [3.05, 3.63) is 0 Å². The number of hydrogen-bond donors (Lipinski definition) is 2. The van der Waals surface area contributed by atoms with Crippen molar-refractivity contribution in [1.82, 2.24) is 10.2 Å². The van der Waals surface area contributed by atoms with Crippen molar-refractivity contribution >= 4 is 23.4 Å². The molecule has 0 bridgehead atoms. The second kappa shape index (κ2) is 42.7. The molecule has 1 amide bonds. The zero-order valence-corrected chi connectivity index (χ0v) is 42.5. The van der Waals surface area contributed by atoms with E-state index in [1.54, 1.807) is 25.7 Å². The van der Waals surface area contributed by atoms with Crippen LogP contribution in [0.2, 0.25) is 0 Å². The van der Waals surface area contributed by atoms with Gasteiger partial charge < -0.3 is 39.1 Å². The number of carbonyl (C=O) groups is 4. The summed E-state index contributed by atoms with van der Waals surface area (Å²) in [5.74, 6) is 0.347. The van der Waals surface area contributed by atoms with E-state index in [4.69, 9.17) is 14.2 Å². The van der Waals surface area contributed by atoms with E-state index in [1.165, 1.54) is 90.1 Å². The Morgan fingerprint density at radius 1 is 0.651 bits per heavy atom. The highest BCUT2D eigenvalue weighted by atomic mass is 16.6. The number of aliphatic hydroxyl groups is 1. The molecule has 6 unspecified atom stereocenters. The van der Waals surface area contributed by atoms with Crippen LogP contribution in [0.1, 0.15) is 254 Å². The number of esters is 1. The summed E-state index contributed by atoms with van der Waals surface area (Å²) in [5, 5.41) is 14.1. The Hall–Kier alpha value is -1.88. The van der Waals surface area contributed by atoms with Gasteiger partial charge in [0.15, 0.2) is 6.10 Å². The van der Waals surface area contributed by atoms with Crippen molar-refractivity contribution in [1.29, 1.82) is 0 Å². The standard InChI is InChI=1S/C26H51NO4.C22H40O4.C5H11N/c1-6-9-10-11-14-17-20-24(29)25(21-18-15-12-13-16-19-22(4)28)31-23(5)26(30)27(7-2)8-3;1-4-5-6-7-10-14-17-21-20(25-19(3)22(24)26-21)16-13-11-8-9-12-15-18(2)23;1-2-4-6-5-3-1/h23-25,29H,6-21H2,1-5H3;19-21H,4-17H2,1-3H3;6H,1-5H2. The number of ether oxygens (including phenoxy) is 3. The van der Waals surface area contributed by atoms with Gasteiger partial charge in [-0.05, 0) is 112 Å². The molecule has 2 heterocycles. The maximum absolute atomic E-state index is 12.6. The van der Waals surface area contributed by atoms with Gasteiger partial charge in [-0.15, -0.1) is 0 Å². The number of unbranched alkanes of at least 4 members (excludes halogenated alkanes) is 18. The SMILES string of the molecule is C1CCNCC1.CCCCCCCCC(O)C(CCCCCCCC(C)=O)OC(C)C(=O)N(CC)CC.CCCCCCCCC1OC(=O)C(C)OC1CCCCCCCC(C)=O. The highest BCUT2D eigenvalue weighted by molar-refractivity contribution is 5.80. The van der Waals surface area contributed by atoms with Gasteiger partial charge in [0.1, 0.15) is 23.8 Å². The average molecular weight is 895 g/mol. The lowest BCUT2D eigenvalue weighted by Gasteiger charge is -2.34. The molecule has 0 aliphatic carbocycles. The normalized spacial score (nSPS) is 18.8. The molecule has 10 heteroatoms. The molecule has 2 rings (SSSR count). The third kappa shape index (κ3) is 35.0. The lowest BCUT2D eigenvalue weighted by atomic mass is 9.98. The van der Waals surface area contributed by atoms with E-state index in [0.717, 1.165) is 109 Å². The maximum atomic E-state index is 12.6. The highest BCUT2D eigenvalue weighted by Gasteiger charge is 2.35. The molecule has 0 aromatic carbocycles. The molecule has 6 atom stereocenters. The fraction of sp³-hybridized carbons (Fsp3) is 0.925. The molecule has 372 valence electrons. The maximum Gasteiger partial charge on any atom is 0.335 e. The lowest BCUT2D eigenvalue weighted by molar-refractivity contribution is -0.199. The number of Topliss-reactive ketones (excluding diaryl/α,β-unsaturated/α-hetero) is 2. The highest BCUT2D eigenvalue weighted by Crippen LogP contribution is 2.26. The van der Waals surface area contributed by atoms with Gasteiger partial charge in [0.05, 0.1) is 18.3 Å². The number of cyclic esters (lactones) is 1. The molecule has 2 N–H and O–H groups in total. The minimum atomic E-state index is -0.528. The van der Waals surface area contributed by atoms with Gasteiger partial charge in [0, 0.05) is 25.9 Å². The molecule has 2 fully saturated rings. The minimum Gasteiger partial charge on any atom is -0.458 e. The Morgan fingerprint density at radius 3 is 1.54 bits per heavy atom. The Balaban J connectivity index is 0.00000108. The number of rotatable bonds is 36. The molecule has 0 spiro atoms. The van der Waals surface area contributed by atoms with Crippen LogP contribution in [0.25, 0.3) is 0 Å². The summed E-state index contributed by atoms with van der Waals surface area (Å²) in [6, 6.07) is 0. The molecule has 2 aliphatic rings. The topological polar surface area (TPSA) is 131 Å². The average Bonchev–Trinajstić information content (AvgIpc) is 3.27. The molecule has 0 aromatic heterocycles. The second-order valence-corrected chi connectivity index (χ2v) is 18.6. The quantitative estimate of drug-likeness (QED) is 0.0466. The number of piperidine rings is 1. The third-order valence-corrected chi connectivity index (χ3v) is 12.6. The molecule has 2 aliphatic heterocycles. The summed E-state index contributed by atoms with van der Waals surface area (Å²) >= 11 is 0. The van der Waals surface area contributed by atoms with Gasteiger partial charge in [-0.2, -0.15) is 0 Å². The molecule has 0 saturated carbocycles. The Kier molecular flexibility index (Phi) is 41.5. The first-order valence-corrected chi connectivity index (χ1v) is 26.6. The number of aliphatic hydroxyl groups excluding tert-OH is 1. The molecule has 0 radical (unpaired) electrons. The van der Waals surface area contributed by atoms with Gasteiger partial charge in [-0.3, -0.25) is 4.79 Å². The predicted octanol–water partition coefficient (Wildman–Crippen LogP) is 12.6. The molecular weight excluding hydrogens is 793 g/mol. The first kappa shape index (κ1) is 61.1. The van der Waals surface area contributed by atoms with Crippen LogP contribution in [0.5, 0.6) is 0 Å². The van der Waals surface area contributed by atoms with Crippen molar-refractivity contribution in [3.8, 4) is 0 Å².